The molecule has 0 unspecified atom stereocenters. The number of ether oxygens (including phenoxy) is 4. The van der Waals surface area contributed by atoms with Gasteiger partial charge in [-0.1, -0.05) is 140 Å². The van der Waals surface area contributed by atoms with Crippen molar-refractivity contribution in [2.24, 2.45) is 14.1 Å². The minimum Gasteiger partial charge on any atom is -0.497 e. The minimum atomic E-state index is -4.56. The fourth-order valence-corrected chi connectivity index (χ4v) is 20.3. The number of nitrogens with one attached hydrogen (secondary N) is 8. The molecule has 4 fully saturated rings. The number of aryl methyl sites for hydroxylation is 3. The molecule has 8 aliphatic heterocycles. The van der Waals surface area contributed by atoms with E-state index in [2.05, 4.69) is 92.6 Å². The maximum atomic E-state index is 13.2. The van der Waals surface area contributed by atoms with Gasteiger partial charge in [0.05, 0.1) is 71.8 Å². The first-order valence-electron chi connectivity index (χ1n) is 46.5. The van der Waals surface area contributed by atoms with Gasteiger partial charge < -0.3 is 68.8 Å². The molecular formula is C109H90F3N19O16. The number of imidazole rings is 1. The predicted octanol–water partition coefficient (Wildman–Crippen LogP) is 13.2. The number of alkyl halides is 3. The molecule has 8 aliphatic rings. The SMILES string of the molecule is COc1ccc2c(c1)C(=O)N(C[C@@]1(c3ccc(-c4ccc5c(ccn5C)c4)cc3)NC(=O)NC1=O)C2.COc1ccc2c(c1)C(=O)N(C[C@@]1(c3ccc(-c4ccc5nc(C(F)(F)F)cn5c4)cc3)NC(=O)NC1=O)C2.COc1ccc2c(c1)C(=O)N(C[C@@]1(c3ccc(-c4ccc5nn(C)c(C)c5c4)cc3)NC(=O)NC1=O)C2.COc1ccc2c(c1)C(=O)N(C[C@@]1(c3ccc(-c4cnn5ccccc45)cc3)NC(=O)NC1=O)C2. The van der Waals surface area contributed by atoms with Gasteiger partial charge in [0, 0.05) is 115 Å². The summed E-state index contributed by atoms with van der Waals surface area (Å²) in [6.07, 6.45) is 3.58. The van der Waals surface area contributed by atoms with Gasteiger partial charge in [0.25, 0.3) is 47.3 Å². The zero-order valence-corrected chi connectivity index (χ0v) is 79.7. The van der Waals surface area contributed by atoms with Crippen LogP contribution in [0.4, 0.5) is 32.3 Å². The van der Waals surface area contributed by atoms with Gasteiger partial charge in [-0.25, -0.2) is 28.7 Å². The number of carbonyl (C=O) groups is 12. The number of hydrogen-bond donors (Lipinski definition) is 8. The number of imide groups is 4. The maximum Gasteiger partial charge on any atom is 0.434 e. The van der Waals surface area contributed by atoms with Crippen LogP contribution in [-0.4, -0.2) is 179 Å². The standard InChI is InChI=1S/C28H25N5O4.C28H24N4O4.C27H20F3N5O4.C26H21N5O4/c1-16-22-12-18(7-11-24(22)31-32(16)2)17-4-8-20(9-5-17)28(26(35)29-27(36)30-28)15-33-14-19-6-10-21(37-3)13-23(19)25(33)34;1-31-12-11-19-13-18(6-10-24(19)31)17-3-7-21(8-4-17)28(26(34)29-27(35)30-28)16-32-15-20-5-9-22(36-2)14-23(20)25(32)33;1-39-19-8-4-17-12-35(23(36)20(17)10-19)14-26(24(37)32-25(38)33-26)18-6-2-15(3-7-18)16-5-9-22-31-21(27(28,29)30)13-34(22)11-16;1-35-19-10-7-17-14-30(23(32)20(17)12-19)15-26(24(33)28-25(34)29-26)18-8-5-16(6-9-18)21-13-27-31-11-3-2-4-22(21)31/h4-13H,14-15H2,1-3H3,(H2,29,30,35,36);3-14H,15-16H2,1-2H3,(H2,29,30,34,35);2-11,13H,12,14H2,1H3,(H2,32,33,37,38);2-13H,14-15H2,1H3,(H2,28,29,33,34)/t2*28-;2*26-/m0000/s1. The molecule has 738 valence electrons. The van der Waals surface area contributed by atoms with Crippen molar-refractivity contribution < 1.29 is 89.7 Å². The monoisotopic (exact) mass is 1980 g/mol. The second-order valence-electron chi connectivity index (χ2n) is 36.8. The largest absolute Gasteiger partial charge is 0.497 e. The van der Waals surface area contributed by atoms with Crippen LogP contribution in [0.5, 0.6) is 23.0 Å². The Labute approximate surface area is 834 Å². The van der Waals surface area contributed by atoms with E-state index in [1.54, 1.807) is 132 Å². The summed E-state index contributed by atoms with van der Waals surface area (Å²) in [6, 6.07) is 71.4. The topological polar surface area (TPSA) is 408 Å². The summed E-state index contributed by atoms with van der Waals surface area (Å²) in [5, 5.41) is 31.5. The number of pyridine rings is 2. The van der Waals surface area contributed by atoms with E-state index in [-0.39, 0.29) is 62.0 Å². The van der Waals surface area contributed by atoms with Gasteiger partial charge in [-0.3, -0.25) is 64.3 Å². The van der Waals surface area contributed by atoms with Crippen LogP contribution in [0.15, 0.2) is 274 Å². The molecule has 0 radical (unpaired) electrons. The predicted molar refractivity (Wildman–Crippen MR) is 530 cm³/mol. The first-order chi connectivity index (χ1) is 70.7. The number of amides is 16. The van der Waals surface area contributed by atoms with E-state index in [4.69, 9.17) is 18.9 Å². The van der Waals surface area contributed by atoms with Crippen LogP contribution in [0.25, 0.3) is 77.5 Å². The van der Waals surface area contributed by atoms with Gasteiger partial charge >= 0.3 is 30.3 Å². The third-order valence-electron chi connectivity index (χ3n) is 28.3. The molecule has 24 rings (SSSR count). The van der Waals surface area contributed by atoms with Crippen molar-refractivity contribution in [1.82, 2.24) is 95.5 Å². The molecule has 16 amide bonds. The van der Waals surface area contributed by atoms with Crippen molar-refractivity contribution in [2.75, 3.05) is 54.6 Å². The van der Waals surface area contributed by atoms with Crippen molar-refractivity contribution in [3.05, 3.63) is 352 Å². The van der Waals surface area contributed by atoms with Gasteiger partial charge in [-0.05, 0) is 194 Å². The van der Waals surface area contributed by atoms with E-state index in [0.717, 1.165) is 94.8 Å². The van der Waals surface area contributed by atoms with E-state index >= 15 is 0 Å². The van der Waals surface area contributed by atoms with Crippen LogP contribution >= 0.6 is 0 Å². The smallest absolute Gasteiger partial charge is 0.434 e. The number of aromatic nitrogens is 7. The van der Waals surface area contributed by atoms with E-state index in [1.807, 2.05) is 159 Å². The van der Waals surface area contributed by atoms with Crippen LogP contribution in [0.2, 0.25) is 0 Å². The third-order valence-corrected chi connectivity index (χ3v) is 28.3. The number of carbonyl (C=O) groups excluding carboxylic acids is 12. The fraction of sp³-hybridized carbons (Fsp3) is 0.183. The Kier molecular flexibility index (Phi) is 23.5. The van der Waals surface area contributed by atoms with Crippen molar-refractivity contribution in [2.45, 2.75) is 61.4 Å². The van der Waals surface area contributed by atoms with Gasteiger partial charge in [0.15, 0.2) is 27.8 Å². The number of halogens is 3. The molecular weight excluding hydrogens is 1890 g/mol. The zero-order valence-electron chi connectivity index (χ0n) is 79.7. The van der Waals surface area contributed by atoms with Crippen LogP contribution in [0.1, 0.15) is 97.3 Å². The fourth-order valence-electron chi connectivity index (χ4n) is 20.3. The summed E-state index contributed by atoms with van der Waals surface area (Å²) in [7, 11) is 10.1. The number of urea groups is 4. The maximum absolute atomic E-state index is 13.2. The second-order valence-corrected chi connectivity index (χ2v) is 36.8. The van der Waals surface area contributed by atoms with Crippen molar-refractivity contribution in [1.29, 1.82) is 0 Å². The molecule has 0 saturated carbocycles. The Balaban J connectivity index is 0.000000115. The molecule has 35 nitrogen and oxygen atoms in total. The summed E-state index contributed by atoms with van der Waals surface area (Å²) in [6.45, 7) is 3.20. The molecule has 10 aromatic carbocycles. The van der Waals surface area contributed by atoms with Gasteiger partial charge in [0.2, 0.25) is 0 Å². The van der Waals surface area contributed by atoms with Crippen LogP contribution in [0.3, 0.4) is 0 Å². The summed E-state index contributed by atoms with van der Waals surface area (Å²) in [4.78, 5) is 164. The van der Waals surface area contributed by atoms with Crippen LogP contribution in [-0.2, 0) is 87.8 Å². The molecule has 16 aromatic rings. The highest BCUT2D eigenvalue weighted by atomic mass is 19.4. The molecule has 4 atom stereocenters. The first kappa shape index (κ1) is 94.5. The average molecular weight is 1980 g/mol. The molecule has 0 spiro atoms. The summed E-state index contributed by atoms with van der Waals surface area (Å²) in [5.41, 5.74) is 12.4. The number of benzene rings is 10. The van der Waals surface area contributed by atoms with E-state index < -0.39 is 81.8 Å². The van der Waals surface area contributed by atoms with Crippen LogP contribution < -0.4 is 61.5 Å². The molecule has 38 heteroatoms. The van der Waals surface area contributed by atoms with Crippen molar-refractivity contribution in [3.8, 4) is 67.5 Å². The molecule has 4 saturated heterocycles. The minimum absolute atomic E-state index is 0.000583. The Hall–Kier alpha value is -18.8. The Morgan fingerprint density at radius 1 is 0.367 bits per heavy atom. The van der Waals surface area contributed by atoms with E-state index in [1.165, 1.54) is 28.7 Å². The normalized spacial score (nSPS) is 18.9. The lowest BCUT2D eigenvalue weighted by Crippen LogP contribution is -2.52. The van der Waals surface area contributed by atoms with Crippen molar-refractivity contribution in [3.63, 3.8) is 0 Å². The lowest BCUT2D eigenvalue weighted by molar-refractivity contribution is -0.141. The highest BCUT2D eigenvalue weighted by Gasteiger charge is 2.55. The lowest BCUT2D eigenvalue weighted by Gasteiger charge is -2.31. The Morgan fingerprint density at radius 2 is 0.735 bits per heavy atom. The van der Waals surface area contributed by atoms with Gasteiger partial charge in [-0.2, -0.15) is 23.4 Å². The molecule has 0 aliphatic carbocycles. The Morgan fingerprint density at radius 3 is 1.12 bits per heavy atom. The third kappa shape index (κ3) is 16.9. The summed E-state index contributed by atoms with van der Waals surface area (Å²) < 4.78 is 67.1. The number of hydrogen-bond acceptors (Lipinski definition) is 19. The average Bonchev–Trinajstić information content (AvgIpc) is 1.61. The van der Waals surface area contributed by atoms with Crippen molar-refractivity contribution >= 4 is 104 Å². The molecule has 8 N–H and O–H groups in total. The number of nitrogens with zero attached hydrogens (tertiary/aromatic N) is 11. The lowest BCUT2D eigenvalue weighted by atomic mass is 9.88. The summed E-state index contributed by atoms with van der Waals surface area (Å²) >= 11 is 0. The van der Waals surface area contributed by atoms with E-state index in [9.17, 15) is 70.7 Å². The highest BCUT2D eigenvalue weighted by Crippen LogP contribution is 2.43. The molecule has 0 bridgehead atoms. The highest BCUT2D eigenvalue weighted by molar-refractivity contribution is 6.12. The number of fused-ring (bicyclic) bond motifs is 8. The molecule has 6 aromatic heterocycles. The number of rotatable bonds is 20. The van der Waals surface area contributed by atoms with Crippen LogP contribution in [0, 0.1) is 6.92 Å². The number of methoxy groups -OCH3 is 4. The van der Waals surface area contributed by atoms with Gasteiger partial charge in [-0.15, -0.1) is 0 Å². The second kappa shape index (κ2) is 36.6. The molecule has 147 heavy (non-hydrogen) atoms. The summed E-state index contributed by atoms with van der Waals surface area (Å²) in [5.74, 6) is -0.672. The van der Waals surface area contributed by atoms with Gasteiger partial charge in [0.1, 0.15) is 28.6 Å². The zero-order chi connectivity index (χ0) is 103. The first-order valence-corrected chi connectivity index (χ1v) is 46.5. The van der Waals surface area contributed by atoms with E-state index in [0.29, 0.717) is 98.3 Å². The molecule has 14 heterocycles. The quantitative estimate of drug-likeness (QED) is 0.0329. The Bertz CT molecular complexity index is 8250.